The third kappa shape index (κ3) is 13.9. The molecule has 1 aliphatic carbocycles. The summed E-state index contributed by atoms with van der Waals surface area (Å²) in [5.74, 6) is -1.85. The van der Waals surface area contributed by atoms with Gasteiger partial charge in [0, 0.05) is 43.6 Å². The number of benzene rings is 4. The second-order valence-electron chi connectivity index (χ2n) is 24.7. The molecule has 2 aliphatic heterocycles. The summed E-state index contributed by atoms with van der Waals surface area (Å²) < 4.78 is 57.6. The van der Waals surface area contributed by atoms with Crippen LogP contribution < -0.4 is 25.6 Å². The normalized spacial score (nSPS) is 18.9. The minimum absolute atomic E-state index is 0.0490. The van der Waals surface area contributed by atoms with Crippen LogP contribution in [-0.2, 0) is 32.1 Å². The number of fused-ring (bicyclic) bond motifs is 2. The number of aromatic nitrogens is 3. The Morgan fingerprint density at radius 3 is 2.24 bits per heavy atom. The van der Waals surface area contributed by atoms with Crippen molar-refractivity contribution in [2.24, 2.45) is 11.3 Å². The molecule has 7 aromatic rings. The number of β-amino-alcohol motifs (C(OH)–C–C–N with tert-alkyl or cyclic N) is 1. The zero-order chi connectivity index (χ0) is 61.4. The molecule has 5 heterocycles. The zero-order valence-corrected chi connectivity index (χ0v) is 51.0. The van der Waals surface area contributed by atoms with Gasteiger partial charge >= 0.3 is 12.1 Å². The van der Waals surface area contributed by atoms with E-state index in [4.69, 9.17) is 14.5 Å². The number of anilines is 2. The average Bonchev–Trinajstić information content (AvgIpc) is 1.99. The third-order valence-corrected chi connectivity index (χ3v) is 18.0. The number of esters is 1. The number of para-hydroxylation sites is 1. The molecule has 4 atom stereocenters. The number of hydrogen-bond acceptors (Lipinski definition) is 14. The zero-order valence-electron chi connectivity index (χ0n) is 49.3. The van der Waals surface area contributed by atoms with Gasteiger partial charge in [0.25, 0.3) is 5.91 Å². The van der Waals surface area contributed by atoms with Gasteiger partial charge in [-0.2, -0.15) is 13.2 Å². The van der Waals surface area contributed by atoms with E-state index in [-0.39, 0.29) is 54.5 Å². The number of hydrogen-bond donors (Lipinski definition) is 4. The van der Waals surface area contributed by atoms with Gasteiger partial charge in [0.05, 0.1) is 38.5 Å². The highest BCUT2D eigenvalue weighted by Gasteiger charge is 2.48. The van der Waals surface area contributed by atoms with Gasteiger partial charge in [-0.1, -0.05) is 92.8 Å². The third-order valence-electron chi connectivity index (χ3n) is 16.1. The fourth-order valence-corrected chi connectivity index (χ4v) is 13.3. The van der Waals surface area contributed by atoms with E-state index >= 15 is 0 Å². The van der Waals surface area contributed by atoms with Crippen LogP contribution in [0.3, 0.4) is 0 Å². The maximum absolute atomic E-state index is 14.7. The van der Waals surface area contributed by atoms with Crippen molar-refractivity contribution in [3.05, 3.63) is 142 Å². The van der Waals surface area contributed by atoms with Gasteiger partial charge in [0.15, 0.2) is 16.9 Å². The molecular formula is C65H71F3N8O8S2. The highest BCUT2D eigenvalue weighted by atomic mass is 32.1. The topological polar surface area (TPSA) is 205 Å². The molecule has 4 amide bonds. The van der Waals surface area contributed by atoms with Gasteiger partial charge in [-0.3, -0.25) is 24.5 Å². The SMILES string of the molecule is Cc1ncsc1-c1ccc([C@@H](NC(=O)[C@@H]2C[C@@H](O)CN2C(=O)[C@@H](NC(=O)CC2CCC(Oc3cccc(-c4ccc(N5CCc6cccc(C(=O)Nc7nc8ccccc8s7)c6C5)nc4C(=O)OC(C)(C)C)c3C)CC2)C(C)(C)C)C(F)(F)F)cc1. The quantitative estimate of drug-likeness (QED) is 0.0708. The van der Waals surface area contributed by atoms with Crippen LogP contribution in [0, 0.1) is 25.2 Å². The molecular weight excluding hydrogens is 1140 g/mol. The number of rotatable bonds is 15. The van der Waals surface area contributed by atoms with Crippen molar-refractivity contribution in [2.45, 2.75) is 149 Å². The van der Waals surface area contributed by atoms with Crippen LogP contribution in [0.2, 0.25) is 0 Å². The van der Waals surface area contributed by atoms with Crippen LogP contribution in [0.25, 0.3) is 31.8 Å². The number of ether oxygens (including phenoxy) is 2. The minimum Gasteiger partial charge on any atom is -0.490 e. The maximum Gasteiger partial charge on any atom is 0.412 e. The Bertz CT molecular complexity index is 3650. The molecule has 21 heteroatoms. The number of carbonyl (C=O) groups excluding carboxylic acids is 5. The molecule has 86 heavy (non-hydrogen) atoms. The molecule has 0 spiro atoms. The van der Waals surface area contributed by atoms with E-state index in [1.165, 1.54) is 34.8 Å². The van der Waals surface area contributed by atoms with E-state index in [9.17, 15) is 42.3 Å². The Morgan fingerprint density at radius 1 is 0.826 bits per heavy atom. The summed E-state index contributed by atoms with van der Waals surface area (Å²) in [4.78, 5) is 88.0. The highest BCUT2D eigenvalue weighted by molar-refractivity contribution is 7.22. The van der Waals surface area contributed by atoms with Crippen molar-refractivity contribution >= 4 is 73.4 Å². The lowest BCUT2D eigenvalue weighted by Crippen LogP contribution is -2.58. The molecule has 16 nitrogen and oxygen atoms in total. The van der Waals surface area contributed by atoms with Gasteiger partial charge in [-0.05, 0) is 148 Å². The number of nitrogens with zero attached hydrogens (tertiary/aromatic N) is 5. The van der Waals surface area contributed by atoms with E-state index < -0.39 is 59.2 Å². The fourth-order valence-electron chi connectivity index (χ4n) is 11.7. The number of amides is 4. The number of nitrogens with one attached hydrogen (secondary N) is 3. The Morgan fingerprint density at radius 2 is 1.56 bits per heavy atom. The Labute approximate surface area is 505 Å². The highest BCUT2D eigenvalue weighted by Crippen LogP contribution is 2.40. The molecule has 1 saturated heterocycles. The first-order chi connectivity index (χ1) is 40.8. The Balaban J connectivity index is 0.777. The van der Waals surface area contributed by atoms with Crippen molar-refractivity contribution in [1.29, 1.82) is 0 Å². The van der Waals surface area contributed by atoms with Crippen molar-refractivity contribution in [3.8, 4) is 27.3 Å². The first kappa shape index (κ1) is 61.3. The predicted octanol–water partition coefficient (Wildman–Crippen LogP) is 12.1. The van der Waals surface area contributed by atoms with Gasteiger partial charge < -0.3 is 35.0 Å². The monoisotopic (exact) mass is 1210 g/mol. The summed E-state index contributed by atoms with van der Waals surface area (Å²) in [6, 6.07) is 23.6. The van der Waals surface area contributed by atoms with E-state index in [2.05, 4.69) is 30.8 Å². The summed E-state index contributed by atoms with van der Waals surface area (Å²) in [7, 11) is 0. The molecule has 452 valence electrons. The van der Waals surface area contributed by atoms with Crippen LogP contribution in [0.4, 0.5) is 24.1 Å². The lowest BCUT2D eigenvalue weighted by molar-refractivity contribution is -0.165. The largest absolute Gasteiger partial charge is 0.490 e. The fraction of sp³-hybridized carbons (Fsp3) is 0.415. The summed E-state index contributed by atoms with van der Waals surface area (Å²) in [6.45, 7) is 15.1. The summed E-state index contributed by atoms with van der Waals surface area (Å²) >= 11 is 2.77. The predicted molar refractivity (Wildman–Crippen MR) is 326 cm³/mol. The Hall–Kier alpha value is -7.75. The standard InChI is InChI=1S/C65H71F3N8O8S2/c1-36-44(45-27-28-52(71-54(45)61(82)84-64(6,7)8)75-30-29-39-13-11-15-46(47(39)34-75)58(79)74-62-70-48-16-9-10-18-51(48)86-62)14-12-17-50(36)83-43-25-19-38(20-26-43)31-53(78)72-57(63(3,4)5)60(81)76-33-42(77)32-49(76)59(80)73-56(65(66,67)68)41-23-21-40(22-24-41)55-37(2)69-35-85-55/h9-18,21-24,27-28,35,38,42-43,49,56-57,77H,19-20,25-26,29-34H2,1-8H3,(H,72,78)(H,73,80)(H,70,74,79)/t38?,42-,43?,49+,56-,57-/m1/s1. The van der Waals surface area contributed by atoms with Crippen LogP contribution in [0.1, 0.15) is 135 Å². The summed E-state index contributed by atoms with van der Waals surface area (Å²) in [6.07, 6.45) is -3.24. The first-order valence-corrected chi connectivity index (χ1v) is 30.7. The van der Waals surface area contributed by atoms with Crippen LogP contribution in [0.5, 0.6) is 5.75 Å². The molecule has 0 bridgehead atoms. The van der Waals surface area contributed by atoms with Crippen molar-refractivity contribution < 1.29 is 51.7 Å². The van der Waals surface area contributed by atoms with E-state index in [1.54, 1.807) is 66.1 Å². The van der Waals surface area contributed by atoms with Crippen molar-refractivity contribution in [3.63, 3.8) is 0 Å². The van der Waals surface area contributed by atoms with Crippen molar-refractivity contribution in [1.82, 2.24) is 30.5 Å². The number of aryl methyl sites for hydroxylation is 1. The number of carbonyl (C=O) groups is 5. The molecule has 3 aliphatic rings. The number of aliphatic hydroxyl groups excluding tert-OH is 1. The van der Waals surface area contributed by atoms with E-state index in [0.29, 0.717) is 78.6 Å². The molecule has 4 N–H and O–H groups in total. The molecule has 4 aromatic carbocycles. The van der Waals surface area contributed by atoms with Gasteiger partial charge in [0.2, 0.25) is 17.7 Å². The van der Waals surface area contributed by atoms with Gasteiger partial charge in [-0.25, -0.2) is 19.7 Å². The van der Waals surface area contributed by atoms with Crippen molar-refractivity contribution in [2.75, 3.05) is 23.3 Å². The maximum atomic E-state index is 14.7. The first-order valence-electron chi connectivity index (χ1n) is 29.0. The summed E-state index contributed by atoms with van der Waals surface area (Å²) in [5, 5.41) is 19.3. The van der Waals surface area contributed by atoms with E-state index in [1.807, 2.05) is 79.7 Å². The second-order valence-corrected chi connectivity index (χ2v) is 26.5. The van der Waals surface area contributed by atoms with Crippen LogP contribution in [-0.4, -0.2) is 104 Å². The van der Waals surface area contributed by atoms with Crippen LogP contribution in [0.15, 0.2) is 103 Å². The molecule has 3 aromatic heterocycles. The molecule has 10 rings (SSSR count). The van der Waals surface area contributed by atoms with Gasteiger partial charge in [-0.15, -0.1) is 11.3 Å². The smallest absolute Gasteiger partial charge is 0.412 e. The number of thiazole rings is 2. The lowest BCUT2D eigenvalue weighted by Gasteiger charge is -2.36. The number of halogens is 3. The summed E-state index contributed by atoms with van der Waals surface area (Å²) in [5.41, 5.74) is 6.67. The van der Waals surface area contributed by atoms with E-state index in [0.717, 1.165) is 47.9 Å². The number of aliphatic hydroxyl groups is 1. The average molecular weight is 1210 g/mol. The molecule has 0 radical (unpaired) electrons. The number of likely N-dealkylation sites (tertiary alicyclic amines) is 1. The molecule has 1 saturated carbocycles. The lowest BCUT2D eigenvalue weighted by atomic mass is 9.83. The minimum atomic E-state index is -4.89. The Kier molecular flexibility index (Phi) is 17.8. The number of alkyl halides is 3. The second kappa shape index (κ2) is 24.9. The molecule has 2 fully saturated rings. The van der Waals surface area contributed by atoms with Crippen LogP contribution >= 0.6 is 22.7 Å². The molecule has 0 unspecified atom stereocenters. The van der Waals surface area contributed by atoms with Gasteiger partial charge in [0.1, 0.15) is 29.3 Å². The number of pyridine rings is 1.